The summed E-state index contributed by atoms with van der Waals surface area (Å²) in [6.07, 6.45) is 22.0. The molecule has 188 valence electrons. The van der Waals surface area contributed by atoms with Crippen molar-refractivity contribution in [2.75, 3.05) is 13.2 Å². The van der Waals surface area contributed by atoms with Gasteiger partial charge < -0.3 is 22.3 Å². The Kier molecular flexibility index (Phi) is 32.8. The summed E-state index contributed by atoms with van der Waals surface area (Å²) in [6.45, 7) is 11.3. The number of rotatable bonds is 20. The van der Waals surface area contributed by atoms with E-state index in [1.165, 1.54) is 103 Å². The monoisotopic (exact) mass is 494 g/mol. The van der Waals surface area contributed by atoms with Gasteiger partial charge in [-0.3, -0.25) is 0 Å². The van der Waals surface area contributed by atoms with Crippen molar-refractivity contribution < 1.29 is 26.8 Å². The van der Waals surface area contributed by atoms with Crippen LogP contribution >= 0.6 is 7.82 Å². The molecule has 0 fully saturated rings. The Hall–Kier alpha value is 1.33. The zero-order valence-electron chi connectivity index (χ0n) is 23.2. The second-order valence-electron chi connectivity index (χ2n) is 8.77. The minimum atomic E-state index is -4.64. The van der Waals surface area contributed by atoms with Gasteiger partial charge in [-0.1, -0.05) is 105 Å². The molecule has 0 spiro atoms. The summed E-state index contributed by atoms with van der Waals surface area (Å²) in [5.74, 6) is 1.62. The third-order valence-electron chi connectivity index (χ3n) is 5.57. The molecule has 0 saturated carbocycles. The normalized spacial score (nSPS) is 13.1. The van der Waals surface area contributed by atoms with Crippen LogP contribution in [0, 0.1) is 11.8 Å². The molecule has 5 nitrogen and oxygen atoms in total. The summed E-state index contributed by atoms with van der Waals surface area (Å²) in [5.41, 5.74) is 0. The maximum Gasteiger partial charge on any atom is 2.00 e. The van der Waals surface area contributed by atoms with Gasteiger partial charge >= 0.3 is 45.6 Å². The van der Waals surface area contributed by atoms with E-state index < -0.39 is 7.82 Å². The molecule has 0 aromatic rings. The molecule has 0 aliphatic rings. The molecule has 0 amide bonds. The Labute approximate surface area is 226 Å². The van der Waals surface area contributed by atoms with Crippen LogP contribution in [0.4, 0.5) is 0 Å². The van der Waals surface area contributed by atoms with Crippen LogP contribution in [0.1, 0.15) is 133 Å². The first-order chi connectivity index (χ1) is 14.3. The van der Waals surface area contributed by atoms with E-state index in [1.54, 1.807) is 0 Å². The van der Waals surface area contributed by atoms with Gasteiger partial charge in [0.25, 0.3) is 0 Å². The molecule has 2 unspecified atom stereocenters. The Balaban J connectivity index is -0.000000293. The molecule has 0 bridgehead atoms. The first-order valence-electron chi connectivity index (χ1n) is 12.6. The van der Waals surface area contributed by atoms with Crippen LogP contribution in [0.2, 0.25) is 0 Å². The molecule has 3 N–H and O–H groups in total. The summed E-state index contributed by atoms with van der Waals surface area (Å²) in [5, 5.41) is 0. The van der Waals surface area contributed by atoms with Gasteiger partial charge in [0, 0.05) is 13.2 Å². The predicted molar refractivity (Wildman–Crippen MR) is 137 cm³/mol. The quantitative estimate of drug-likeness (QED) is 0.0928. The smallest absolute Gasteiger partial charge is 1.00 e. The minimum Gasteiger partial charge on any atom is -1.00 e. The van der Waals surface area contributed by atoms with Crippen molar-refractivity contribution in [1.82, 2.24) is 0 Å². The molecular formula is C24H55CaO5P. The van der Waals surface area contributed by atoms with Crippen molar-refractivity contribution in [3.05, 3.63) is 0 Å². The van der Waals surface area contributed by atoms with Gasteiger partial charge in [0.05, 0.1) is 0 Å². The number of hydrogen-bond donors (Lipinski definition) is 3. The SMILES string of the molecule is CCCCCCC(CCCC)COCC(CCCC)CCCCCC.O=P(O)(O)O.[Ca+2].[H-].[H-]. The average molecular weight is 495 g/mol. The summed E-state index contributed by atoms with van der Waals surface area (Å²) in [4.78, 5) is 21.6. The molecular weight excluding hydrogens is 439 g/mol. The first kappa shape index (κ1) is 36.9. The molecule has 0 heterocycles. The predicted octanol–water partition coefficient (Wildman–Crippen LogP) is 7.47. The van der Waals surface area contributed by atoms with Gasteiger partial charge in [-0.05, 0) is 37.5 Å². The standard InChI is InChI=1S/C24H50O.Ca.H3O4P.2H/c1-5-9-13-15-19-23(17-11-7-3)21-25-22-24(18-12-8-4)20-16-14-10-6-2;;1-5(2,3)4;;/h23-24H,5-22H2,1-4H3;;(H3,1,2,3,4);;/q;+2;;2*-1. The maximum atomic E-state index is 8.88. The van der Waals surface area contributed by atoms with Gasteiger partial charge in [-0.2, -0.15) is 0 Å². The van der Waals surface area contributed by atoms with Gasteiger partial charge in [0.15, 0.2) is 0 Å². The van der Waals surface area contributed by atoms with Crippen molar-refractivity contribution >= 4 is 45.6 Å². The molecule has 2 atom stereocenters. The molecule has 31 heavy (non-hydrogen) atoms. The van der Waals surface area contributed by atoms with Crippen molar-refractivity contribution in [2.45, 2.75) is 130 Å². The van der Waals surface area contributed by atoms with Crippen LogP contribution in [0.5, 0.6) is 0 Å². The molecule has 7 heteroatoms. The van der Waals surface area contributed by atoms with Crippen LogP contribution < -0.4 is 0 Å². The van der Waals surface area contributed by atoms with Crippen LogP contribution in [-0.2, 0) is 9.30 Å². The van der Waals surface area contributed by atoms with Gasteiger partial charge in [0.2, 0.25) is 0 Å². The van der Waals surface area contributed by atoms with E-state index in [0.29, 0.717) is 0 Å². The Morgan fingerprint density at radius 2 is 0.903 bits per heavy atom. The first-order valence-corrected chi connectivity index (χ1v) is 14.2. The van der Waals surface area contributed by atoms with E-state index in [1.807, 2.05) is 0 Å². The molecule has 0 radical (unpaired) electrons. The zero-order valence-corrected chi connectivity index (χ0v) is 24.3. The largest absolute Gasteiger partial charge is 2.00 e. The third kappa shape index (κ3) is 36.1. The molecule has 0 saturated heterocycles. The molecule has 0 rings (SSSR count). The van der Waals surface area contributed by atoms with E-state index in [4.69, 9.17) is 24.0 Å². The summed E-state index contributed by atoms with van der Waals surface area (Å²) < 4.78 is 15.1. The van der Waals surface area contributed by atoms with E-state index in [9.17, 15) is 0 Å². The summed E-state index contributed by atoms with van der Waals surface area (Å²) in [7, 11) is -4.64. The maximum absolute atomic E-state index is 8.88. The fraction of sp³-hybridized carbons (Fsp3) is 1.00. The van der Waals surface area contributed by atoms with E-state index in [-0.39, 0.29) is 40.6 Å². The summed E-state index contributed by atoms with van der Waals surface area (Å²) in [6, 6.07) is 0. The van der Waals surface area contributed by atoms with E-state index >= 15 is 0 Å². The van der Waals surface area contributed by atoms with Crippen LogP contribution in [0.15, 0.2) is 0 Å². The number of hydrogen-bond acceptors (Lipinski definition) is 2. The van der Waals surface area contributed by atoms with Crippen LogP contribution in [0.25, 0.3) is 0 Å². The molecule has 0 aliphatic carbocycles. The number of ether oxygens (including phenoxy) is 1. The van der Waals surface area contributed by atoms with Crippen molar-refractivity contribution in [2.24, 2.45) is 11.8 Å². The van der Waals surface area contributed by atoms with Gasteiger partial charge in [-0.15, -0.1) is 0 Å². The number of phosphoric acid groups is 1. The molecule has 0 aromatic carbocycles. The topological polar surface area (TPSA) is 87.0 Å². The van der Waals surface area contributed by atoms with Crippen molar-refractivity contribution in [3.8, 4) is 0 Å². The average Bonchev–Trinajstić information content (AvgIpc) is 2.68. The Morgan fingerprint density at radius 1 is 0.613 bits per heavy atom. The third-order valence-corrected chi connectivity index (χ3v) is 5.57. The Morgan fingerprint density at radius 3 is 1.19 bits per heavy atom. The van der Waals surface area contributed by atoms with Crippen molar-refractivity contribution in [3.63, 3.8) is 0 Å². The zero-order chi connectivity index (χ0) is 23.1. The van der Waals surface area contributed by atoms with Crippen LogP contribution in [-0.4, -0.2) is 65.6 Å². The molecule has 0 aromatic heterocycles. The fourth-order valence-corrected chi connectivity index (χ4v) is 3.73. The minimum absolute atomic E-state index is 0. The van der Waals surface area contributed by atoms with Gasteiger partial charge in [0.1, 0.15) is 0 Å². The van der Waals surface area contributed by atoms with E-state index in [0.717, 1.165) is 25.0 Å². The number of unbranched alkanes of at least 4 members (excludes halogenated alkanes) is 8. The van der Waals surface area contributed by atoms with Crippen LogP contribution in [0.3, 0.4) is 0 Å². The second-order valence-corrected chi connectivity index (χ2v) is 9.79. The van der Waals surface area contributed by atoms with Gasteiger partial charge in [-0.25, -0.2) is 4.57 Å². The van der Waals surface area contributed by atoms with E-state index in [2.05, 4.69) is 27.7 Å². The summed E-state index contributed by atoms with van der Waals surface area (Å²) >= 11 is 0. The fourth-order valence-electron chi connectivity index (χ4n) is 3.73. The molecule has 0 aliphatic heterocycles. The second kappa shape index (κ2) is 27.6. The van der Waals surface area contributed by atoms with Crippen molar-refractivity contribution in [1.29, 1.82) is 0 Å². The Bertz CT molecular complexity index is 358.